The van der Waals surface area contributed by atoms with Crippen molar-refractivity contribution >= 4 is 6.29 Å². The van der Waals surface area contributed by atoms with E-state index < -0.39 is 0 Å². The summed E-state index contributed by atoms with van der Waals surface area (Å²) in [7, 11) is 0. The molecule has 1 N–H and O–H groups in total. The van der Waals surface area contributed by atoms with Crippen LogP contribution in [0.2, 0.25) is 0 Å². The van der Waals surface area contributed by atoms with Crippen molar-refractivity contribution < 1.29 is 9.90 Å². The molecule has 0 aliphatic rings. The Morgan fingerprint density at radius 1 is 0.889 bits per heavy atom. The Morgan fingerprint density at radius 2 is 1.33 bits per heavy atom. The first kappa shape index (κ1) is 23.1. The Morgan fingerprint density at radius 3 is 1.70 bits per heavy atom. The zero-order chi connectivity index (χ0) is 20.7. The van der Waals surface area contributed by atoms with E-state index in [1.165, 1.54) is 22.3 Å². The van der Waals surface area contributed by atoms with Gasteiger partial charge in [-0.3, -0.25) is 0 Å². The molecule has 2 aromatic rings. The van der Waals surface area contributed by atoms with Gasteiger partial charge in [-0.15, -0.1) is 0 Å². The fourth-order valence-electron chi connectivity index (χ4n) is 2.89. The Hall–Kier alpha value is -1.93. The second kappa shape index (κ2) is 9.85. The number of carbonyl (C=O) groups is 1. The monoisotopic (exact) mass is 368 g/mol. The highest BCUT2D eigenvalue weighted by molar-refractivity contribution is 5.58. The van der Waals surface area contributed by atoms with Gasteiger partial charge in [0, 0.05) is 5.41 Å². The minimum atomic E-state index is -0.275. The number of hydrogen-bond donors (Lipinski definition) is 1. The van der Waals surface area contributed by atoms with Gasteiger partial charge in [0.05, 0.1) is 6.10 Å². The first-order chi connectivity index (χ1) is 12.4. The van der Waals surface area contributed by atoms with E-state index in [0.29, 0.717) is 0 Å². The van der Waals surface area contributed by atoms with Crippen LogP contribution in [0.15, 0.2) is 48.5 Å². The van der Waals surface area contributed by atoms with Gasteiger partial charge in [0.2, 0.25) is 0 Å². The molecular formula is C25H36O2. The van der Waals surface area contributed by atoms with Gasteiger partial charge in [0.1, 0.15) is 6.29 Å². The van der Waals surface area contributed by atoms with E-state index in [1.54, 1.807) is 0 Å². The molecule has 0 aliphatic carbocycles. The Kier molecular flexibility index (Phi) is 8.43. The topological polar surface area (TPSA) is 37.3 Å². The van der Waals surface area contributed by atoms with Gasteiger partial charge < -0.3 is 9.90 Å². The molecule has 0 amide bonds. The van der Waals surface area contributed by atoms with Gasteiger partial charge in [-0.05, 0) is 50.2 Å². The van der Waals surface area contributed by atoms with Gasteiger partial charge in [-0.1, -0.05) is 87.4 Å². The van der Waals surface area contributed by atoms with E-state index in [2.05, 4.69) is 70.2 Å². The van der Waals surface area contributed by atoms with Gasteiger partial charge in [0.15, 0.2) is 0 Å². The second-order valence-corrected chi connectivity index (χ2v) is 9.10. The third-order valence-electron chi connectivity index (χ3n) is 4.93. The molecule has 0 aliphatic heterocycles. The summed E-state index contributed by atoms with van der Waals surface area (Å²) in [4.78, 5) is 10.7. The third-order valence-corrected chi connectivity index (χ3v) is 4.93. The van der Waals surface area contributed by atoms with Crippen LogP contribution in [0.25, 0.3) is 0 Å². The maximum atomic E-state index is 10.7. The van der Waals surface area contributed by atoms with Crippen LogP contribution in [0.5, 0.6) is 0 Å². The Bertz CT molecular complexity index is 727. The summed E-state index contributed by atoms with van der Waals surface area (Å²) in [5.41, 5.74) is 4.78. The Labute approximate surface area is 165 Å². The van der Waals surface area contributed by atoms with Crippen LogP contribution in [0.4, 0.5) is 0 Å². The first-order valence-electron chi connectivity index (χ1n) is 9.71. The molecule has 0 aromatic heterocycles. The number of aliphatic hydroxyl groups is 1. The summed E-state index contributed by atoms with van der Waals surface area (Å²) >= 11 is 0. The van der Waals surface area contributed by atoms with Crippen LogP contribution in [-0.4, -0.2) is 17.5 Å². The molecule has 0 heterocycles. The summed E-state index contributed by atoms with van der Waals surface area (Å²) in [5.74, 6) is 0. The van der Waals surface area contributed by atoms with Crippen molar-refractivity contribution in [2.45, 2.75) is 67.4 Å². The number of benzene rings is 2. The normalized spacial score (nSPS) is 12.7. The maximum Gasteiger partial charge on any atom is 0.125 e. The lowest BCUT2D eigenvalue weighted by molar-refractivity contribution is -0.114. The molecule has 2 aromatic carbocycles. The van der Waals surface area contributed by atoms with Crippen LogP contribution in [0, 0.1) is 24.7 Å². The van der Waals surface area contributed by atoms with E-state index in [9.17, 15) is 9.90 Å². The highest BCUT2D eigenvalue weighted by Crippen LogP contribution is 2.26. The maximum absolute atomic E-state index is 10.7. The third kappa shape index (κ3) is 8.53. The van der Waals surface area contributed by atoms with Crippen molar-refractivity contribution in [3.05, 3.63) is 70.8 Å². The van der Waals surface area contributed by atoms with Crippen LogP contribution in [0.3, 0.4) is 0 Å². The van der Waals surface area contributed by atoms with Crippen LogP contribution < -0.4 is 0 Å². The number of rotatable bonds is 6. The van der Waals surface area contributed by atoms with Crippen LogP contribution in [-0.2, 0) is 17.6 Å². The lowest BCUT2D eigenvalue weighted by Crippen LogP contribution is -2.28. The number of aldehydes is 1. The first-order valence-corrected chi connectivity index (χ1v) is 9.71. The van der Waals surface area contributed by atoms with Crippen molar-refractivity contribution in [2.75, 3.05) is 0 Å². The summed E-state index contributed by atoms with van der Waals surface area (Å²) < 4.78 is 0. The minimum absolute atomic E-state index is 0.0478. The largest absolute Gasteiger partial charge is 0.393 e. The van der Waals surface area contributed by atoms with E-state index in [-0.39, 0.29) is 16.9 Å². The molecule has 0 saturated heterocycles. The molecule has 0 bridgehead atoms. The van der Waals surface area contributed by atoms with Gasteiger partial charge in [-0.2, -0.15) is 0 Å². The molecule has 27 heavy (non-hydrogen) atoms. The predicted molar refractivity (Wildman–Crippen MR) is 115 cm³/mol. The molecule has 0 spiro atoms. The quantitative estimate of drug-likeness (QED) is 0.663. The van der Waals surface area contributed by atoms with Gasteiger partial charge in [-0.25, -0.2) is 0 Å². The molecule has 0 fully saturated rings. The fraction of sp³-hybridized carbons (Fsp3) is 0.480. The molecule has 2 nitrogen and oxygen atoms in total. The van der Waals surface area contributed by atoms with Gasteiger partial charge >= 0.3 is 0 Å². The summed E-state index contributed by atoms with van der Waals surface area (Å²) in [6.07, 6.45) is 2.49. The van der Waals surface area contributed by atoms with Crippen LogP contribution >= 0.6 is 0 Å². The van der Waals surface area contributed by atoms with E-state index >= 15 is 0 Å². The fourth-order valence-corrected chi connectivity index (χ4v) is 2.89. The van der Waals surface area contributed by atoms with E-state index in [1.807, 2.05) is 26.8 Å². The number of carbonyl (C=O) groups excluding carboxylic acids is 1. The zero-order valence-corrected chi connectivity index (χ0v) is 18.0. The molecule has 0 saturated carbocycles. The second-order valence-electron chi connectivity index (χ2n) is 9.10. The molecule has 2 rings (SSSR count). The number of hydrogen-bond acceptors (Lipinski definition) is 2. The highest BCUT2D eigenvalue weighted by atomic mass is 16.3. The van der Waals surface area contributed by atoms with Crippen molar-refractivity contribution in [2.24, 2.45) is 10.8 Å². The number of aliphatic hydroxyl groups excluding tert-OH is 1. The van der Waals surface area contributed by atoms with Crippen molar-refractivity contribution in [3.63, 3.8) is 0 Å². The SMILES string of the molecule is Cc1cccc(CC(C)(C)C(C)O)c1.Cc1cccc(CC(C)(C)C=O)c1. The number of aryl methyl sites for hydroxylation is 2. The summed E-state index contributed by atoms with van der Waals surface area (Å²) in [6.45, 7) is 14.1. The molecule has 2 heteroatoms. The molecule has 1 atom stereocenters. The predicted octanol–water partition coefficient (Wildman–Crippen LogP) is 5.71. The smallest absolute Gasteiger partial charge is 0.125 e. The molecule has 148 valence electrons. The van der Waals surface area contributed by atoms with Crippen molar-refractivity contribution in [1.29, 1.82) is 0 Å². The molecule has 1 unspecified atom stereocenters. The lowest BCUT2D eigenvalue weighted by atomic mass is 9.81. The molecular weight excluding hydrogens is 332 g/mol. The standard InChI is InChI=1S/C13H20O.C12H16O/c1-10-6-5-7-12(8-10)9-13(3,4)11(2)14;1-10-5-4-6-11(7-10)8-12(2,3)9-13/h5-8,11,14H,9H2,1-4H3;4-7,9H,8H2,1-3H3. The summed E-state index contributed by atoms with van der Waals surface area (Å²) in [6, 6.07) is 16.8. The van der Waals surface area contributed by atoms with Crippen LogP contribution in [0.1, 0.15) is 56.9 Å². The lowest BCUT2D eigenvalue weighted by Gasteiger charge is -2.28. The van der Waals surface area contributed by atoms with Crippen molar-refractivity contribution in [1.82, 2.24) is 0 Å². The van der Waals surface area contributed by atoms with E-state index in [0.717, 1.165) is 19.1 Å². The minimum Gasteiger partial charge on any atom is -0.393 e. The highest BCUT2D eigenvalue weighted by Gasteiger charge is 2.24. The zero-order valence-electron chi connectivity index (χ0n) is 18.0. The average Bonchev–Trinajstić information content (AvgIpc) is 2.54. The van der Waals surface area contributed by atoms with Gasteiger partial charge in [0.25, 0.3) is 0 Å². The average molecular weight is 369 g/mol. The summed E-state index contributed by atoms with van der Waals surface area (Å²) in [5, 5.41) is 9.61. The van der Waals surface area contributed by atoms with Crippen molar-refractivity contribution in [3.8, 4) is 0 Å². The van der Waals surface area contributed by atoms with E-state index in [4.69, 9.17) is 0 Å². The molecule has 0 radical (unpaired) electrons. The Balaban J connectivity index is 0.000000271.